The van der Waals surface area contributed by atoms with E-state index in [9.17, 15) is 17.2 Å². The molecule has 1 aliphatic rings. The molecule has 0 unspecified atom stereocenters. The molecule has 4 nitrogen and oxygen atoms in total. The van der Waals surface area contributed by atoms with Crippen molar-refractivity contribution in [2.75, 3.05) is 13.7 Å². The first-order valence-corrected chi connectivity index (χ1v) is 9.94. The maximum atomic E-state index is 13.9. The van der Waals surface area contributed by atoms with Crippen LogP contribution < -0.4 is 9.46 Å². The van der Waals surface area contributed by atoms with Gasteiger partial charge in [-0.05, 0) is 42.7 Å². The van der Waals surface area contributed by atoms with Crippen LogP contribution in [0.3, 0.4) is 0 Å². The molecular formula is C19H21F2NO3S. The second kappa shape index (κ2) is 7.32. The van der Waals surface area contributed by atoms with Gasteiger partial charge in [-0.1, -0.05) is 31.0 Å². The van der Waals surface area contributed by atoms with Crippen LogP contribution in [0.5, 0.6) is 5.75 Å². The Bertz CT molecular complexity index is 856. The number of nitrogens with one attached hydrogen (secondary N) is 1. The molecule has 2 aromatic carbocycles. The van der Waals surface area contributed by atoms with E-state index in [4.69, 9.17) is 4.74 Å². The minimum absolute atomic E-state index is 0.0927. The summed E-state index contributed by atoms with van der Waals surface area (Å²) in [5.74, 6) is -1.47. The van der Waals surface area contributed by atoms with Crippen LogP contribution in [0.1, 0.15) is 31.2 Å². The average molecular weight is 381 g/mol. The summed E-state index contributed by atoms with van der Waals surface area (Å²) in [5.41, 5.74) is 0.605. The summed E-state index contributed by atoms with van der Waals surface area (Å²) >= 11 is 0. The van der Waals surface area contributed by atoms with Crippen molar-refractivity contribution in [3.05, 3.63) is 59.7 Å². The minimum atomic E-state index is -4.29. The Morgan fingerprint density at radius 3 is 2.15 bits per heavy atom. The lowest BCUT2D eigenvalue weighted by Crippen LogP contribution is -2.39. The van der Waals surface area contributed by atoms with Crippen LogP contribution in [-0.4, -0.2) is 22.1 Å². The zero-order valence-electron chi connectivity index (χ0n) is 14.5. The second-order valence-corrected chi connectivity index (χ2v) is 8.30. The SMILES string of the molecule is COc1ccc(C2(CNS(=O)(=O)c3c(F)cccc3F)CCCC2)cc1. The number of sulfonamides is 1. The molecule has 26 heavy (non-hydrogen) atoms. The van der Waals surface area contributed by atoms with Gasteiger partial charge >= 0.3 is 0 Å². The molecule has 7 heteroatoms. The van der Waals surface area contributed by atoms with E-state index in [2.05, 4.69) is 4.72 Å². The first kappa shape index (κ1) is 18.8. The lowest BCUT2D eigenvalue weighted by atomic mass is 9.79. The third kappa shape index (κ3) is 3.59. The molecule has 1 fully saturated rings. The monoisotopic (exact) mass is 381 g/mol. The second-order valence-electron chi connectivity index (χ2n) is 6.59. The van der Waals surface area contributed by atoms with Gasteiger partial charge in [0.05, 0.1) is 7.11 Å². The van der Waals surface area contributed by atoms with E-state index in [0.717, 1.165) is 55.2 Å². The van der Waals surface area contributed by atoms with Crippen LogP contribution in [0.4, 0.5) is 8.78 Å². The van der Waals surface area contributed by atoms with Crippen LogP contribution in [0.15, 0.2) is 47.4 Å². The Morgan fingerprint density at radius 2 is 1.62 bits per heavy atom. The van der Waals surface area contributed by atoms with Gasteiger partial charge in [0.15, 0.2) is 4.90 Å². The van der Waals surface area contributed by atoms with Crippen molar-refractivity contribution in [3.63, 3.8) is 0 Å². The third-order valence-corrected chi connectivity index (χ3v) is 6.50. The van der Waals surface area contributed by atoms with Gasteiger partial charge < -0.3 is 4.74 Å². The lowest BCUT2D eigenvalue weighted by Gasteiger charge is -2.30. The normalized spacial score (nSPS) is 16.6. The molecule has 0 atom stereocenters. The number of halogens is 2. The summed E-state index contributed by atoms with van der Waals surface area (Å²) in [5, 5.41) is 0. The summed E-state index contributed by atoms with van der Waals surface area (Å²) in [6, 6.07) is 10.5. The number of rotatable bonds is 6. The highest BCUT2D eigenvalue weighted by Crippen LogP contribution is 2.41. The molecule has 0 bridgehead atoms. The van der Waals surface area contributed by atoms with E-state index < -0.39 is 26.6 Å². The Hall–Kier alpha value is -1.99. The number of benzene rings is 2. The maximum Gasteiger partial charge on any atom is 0.246 e. The molecule has 3 rings (SSSR count). The van der Waals surface area contributed by atoms with Crippen molar-refractivity contribution >= 4 is 10.0 Å². The summed E-state index contributed by atoms with van der Waals surface area (Å²) in [6.45, 7) is 0.0927. The number of ether oxygens (including phenoxy) is 1. The van der Waals surface area contributed by atoms with Gasteiger partial charge in [-0.2, -0.15) is 0 Å². The quantitative estimate of drug-likeness (QED) is 0.829. The number of hydrogen-bond donors (Lipinski definition) is 1. The summed E-state index contributed by atoms with van der Waals surface area (Å²) in [6.07, 6.45) is 3.56. The van der Waals surface area contributed by atoms with Crippen molar-refractivity contribution in [2.24, 2.45) is 0 Å². The molecule has 1 N–H and O–H groups in total. The van der Waals surface area contributed by atoms with Crippen molar-refractivity contribution in [1.82, 2.24) is 4.72 Å². The van der Waals surface area contributed by atoms with Crippen molar-refractivity contribution in [2.45, 2.75) is 36.0 Å². The Labute approximate surface area is 152 Å². The maximum absolute atomic E-state index is 13.9. The lowest BCUT2D eigenvalue weighted by molar-refractivity contribution is 0.410. The molecule has 0 radical (unpaired) electrons. The first-order chi connectivity index (χ1) is 12.4. The standard InChI is InChI=1S/C19H21F2NO3S/c1-25-15-9-7-14(8-10-15)19(11-2-3-12-19)13-22-26(23,24)18-16(20)5-4-6-17(18)21/h4-10,22H,2-3,11-13H2,1H3. The van der Waals surface area contributed by atoms with Gasteiger partial charge in [0.25, 0.3) is 0 Å². The Balaban J connectivity index is 1.87. The van der Waals surface area contributed by atoms with E-state index >= 15 is 0 Å². The molecule has 0 amide bonds. The average Bonchev–Trinajstić information content (AvgIpc) is 3.10. The molecule has 2 aromatic rings. The topological polar surface area (TPSA) is 55.4 Å². The Kier molecular flexibility index (Phi) is 5.29. The van der Waals surface area contributed by atoms with Gasteiger partial charge in [-0.3, -0.25) is 0 Å². The molecule has 0 heterocycles. The Morgan fingerprint density at radius 1 is 1.04 bits per heavy atom. The van der Waals surface area contributed by atoms with E-state index in [-0.39, 0.29) is 12.0 Å². The van der Waals surface area contributed by atoms with Crippen LogP contribution in [-0.2, 0) is 15.4 Å². The molecule has 0 aliphatic heterocycles. The number of hydrogen-bond acceptors (Lipinski definition) is 3. The highest BCUT2D eigenvalue weighted by molar-refractivity contribution is 7.89. The zero-order valence-corrected chi connectivity index (χ0v) is 15.3. The molecule has 0 spiro atoms. The highest BCUT2D eigenvalue weighted by Gasteiger charge is 2.37. The molecule has 1 aliphatic carbocycles. The summed E-state index contributed by atoms with van der Waals surface area (Å²) in [4.78, 5) is -0.928. The van der Waals surface area contributed by atoms with Crippen LogP contribution in [0.25, 0.3) is 0 Å². The van der Waals surface area contributed by atoms with E-state index in [0.29, 0.717) is 0 Å². The van der Waals surface area contributed by atoms with Crippen LogP contribution >= 0.6 is 0 Å². The van der Waals surface area contributed by atoms with E-state index in [1.807, 2.05) is 24.3 Å². The van der Waals surface area contributed by atoms with Crippen LogP contribution in [0.2, 0.25) is 0 Å². The fourth-order valence-electron chi connectivity index (χ4n) is 3.61. The predicted molar refractivity (Wildman–Crippen MR) is 94.7 cm³/mol. The molecule has 1 saturated carbocycles. The van der Waals surface area contributed by atoms with Crippen molar-refractivity contribution in [1.29, 1.82) is 0 Å². The summed E-state index contributed by atoms with van der Waals surface area (Å²) in [7, 11) is -2.71. The van der Waals surface area contributed by atoms with E-state index in [1.54, 1.807) is 7.11 Å². The fourth-order valence-corrected chi connectivity index (χ4v) is 4.87. The smallest absolute Gasteiger partial charge is 0.246 e. The molecule has 0 aromatic heterocycles. The fraction of sp³-hybridized carbons (Fsp3) is 0.368. The largest absolute Gasteiger partial charge is 0.497 e. The molecular weight excluding hydrogens is 360 g/mol. The molecule has 0 saturated heterocycles. The van der Waals surface area contributed by atoms with Gasteiger partial charge in [0, 0.05) is 12.0 Å². The van der Waals surface area contributed by atoms with Crippen molar-refractivity contribution < 1.29 is 21.9 Å². The molecule has 140 valence electrons. The van der Waals surface area contributed by atoms with Gasteiger partial charge in [0.2, 0.25) is 10.0 Å². The van der Waals surface area contributed by atoms with Gasteiger partial charge in [-0.15, -0.1) is 0 Å². The van der Waals surface area contributed by atoms with Gasteiger partial charge in [0.1, 0.15) is 17.4 Å². The minimum Gasteiger partial charge on any atom is -0.497 e. The first-order valence-electron chi connectivity index (χ1n) is 8.46. The van der Waals surface area contributed by atoms with E-state index in [1.165, 1.54) is 0 Å². The number of methoxy groups -OCH3 is 1. The van der Waals surface area contributed by atoms with Crippen molar-refractivity contribution in [3.8, 4) is 5.75 Å². The van der Waals surface area contributed by atoms with Gasteiger partial charge in [-0.25, -0.2) is 21.9 Å². The third-order valence-electron chi connectivity index (χ3n) is 5.05. The predicted octanol–water partition coefficient (Wildman–Crippen LogP) is 3.76. The highest BCUT2D eigenvalue weighted by atomic mass is 32.2. The summed E-state index contributed by atoms with van der Waals surface area (Å²) < 4.78 is 60.3. The zero-order chi connectivity index (χ0) is 18.8. The van der Waals surface area contributed by atoms with Crippen LogP contribution in [0, 0.1) is 11.6 Å².